The topological polar surface area (TPSA) is 93.2 Å². The molecule has 11 heteroatoms. The fourth-order valence-electron chi connectivity index (χ4n) is 2.52. The van der Waals surface area contributed by atoms with Crippen molar-refractivity contribution in [2.75, 3.05) is 26.9 Å². The Bertz CT molecular complexity index is 732. The molecule has 0 aliphatic carbocycles. The molecule has 29 heavy (non-hydrogen) atoms. The van der Waals surface area contributed by atoms with E-state index in [0.29, 0.717) is 36.1 Å². The number of guanidine groups is 1. The van der Waals surface area contributed by atoms with Crippen LogP contribution >= 0.6 is 24.0 Å². The lowest BCUT2D eigenvalue weighted by Gasteiger charge is -2.24. The summed E-state index contributed by atoms with van der Waals surface area (Å²) in [6, 6.07) is 2.94. The van der Waals surface area contributed by atoms with Gasteiger partial charge >= 0.3 is 6.61 Å². The minimum absolute atomic E-state index is 0. The van der Waals surface area contributed by atoms with Crippen molar-refractivity contribution < 1.29 is 27.8 Å². The monoisotopic (exact) mass is 528 g/mol. The summed E-state index contributed by atoms with van der Waals surface area (Å²) in [7, 11) is 1.58. The number of nitrogens with zero attached hydrogens (tertiary/aromatic N) is 1. The van der Waals surface area contributed by atoms with E-state index < -0.39 is 12.0 Å². The predicted octanol–water partition coefficient (Wildman–Crippen LogP) is 2.46. The quantitative estimate of drug-likeness (QED) is 0.273. The van der Waals surface area contributed by atoms with Crippen molar-refractivity contribution in [2.24, 2.45) is 10.4 Å². The molecule has 0 unspecified atom stereocenters. The van der Waals surface area contributed by atoms with Crippen LogP contribution in [0.3, 0.4) is 0 Å². The van der Waals surface area contributed by atoms with Crippen molar-refractivity contribution in [3.05, 3.63) is 17.7 Å². The summed E-state index contributed by atoms with van der Waals surface area (Å²) >= 11 is 0. The molecular formula is C18H27F2IN4O4. The lowest BCUT2D eigenvalue weighted by Crippen LogP contribution is -2.47. The van der Waals surface area contributed by atoms with E-state index in [-0.39, 0.29) is 49.0 Å². The zero-order valence-corrected chi connectivity index (χ0v) is 19.1. The van der Waals surface area contributed by atoms with Gasteiger partial charge in [0.15, 0.2) is 17.5 Å². The fourth-order valence-corrected chi connectivity index (χ4v) is 2.52. The van der Waals surface area contributed by atoms with Crippen molar-refractivity contribution in [2.45, 2.75) is 33.9 Å². The van der Waals surface area contributed by atoms with Crippen LogP contribution in [0, 0.1) is 5.41 Å². The Labute approximate surface area is 185 Å². The van der Waals surface area contributed by atoms with Gasteiger partial charge in [0.1, 0.15) is 5.75 Å². The van der Waals surface area contributed by atoms with Crippen LogP contribution in [0.5, 0.6) is 17.2 Å². The number of carbonyl (C=O) groups excluding carboxylic acids is 1. The van der Waals surface area contributed by atoms with Crippen LogP contribution in [0.4, 0.5) is 8.78 Å². The lowest BCUT2D eigenvalue weighted by molar-refractivity contribution is -0.128. The van der Waals surface area contributed by atoms with Crippen molar-refractivity contribution >= 4 is 35.8 Å². The zero-order valence-electron chi connectivity index (χ0n) is 16.8. The number of nitrogens with one attached hydrogen (secondary N) is 3. The molecule has 164 valence electrons. The summed E-state index contributed by atoms with van der Waals surface area (Å²) in [6.07, 6.45) is 0. The molecule has 1 aliphatic rings. The first-order valence-corrected chi connectivity index (χ1v) is 8.88. The van der Waals surface area contributed by atoms with E-state index in [2.05, 4.69) is 25.7 Å². The second kappa shape index (κ2) is 11.2. The van der Waals surface area contributed by atoms with Gasteiger partial charge in [-0.1, -0.05) is 0 Å². The van der Waals surface area contributed by atoms with Crippen molar-refractivity contribution in [3.63, 3.8) is 0 Å². The molecular weight excluding hydrogens is 501 g/mol. The van der Waals surface area contributed by atoms with Gasteiger partial charge in [0.2, 0.25) is 12.7 Å². The molecule has 0 fully saturated rings. The number of ether oxygens (including phenoxy) is 3. The van der Waals surface area contributed by atoms with Gasteiger partial charge in [-0.15, -0.1) is 24.0 Å². The van der Waals surface area contributed by atoms with E-state index in [4.69, 9.17) is 9.47 Å². The largest absolute Gasteiger partial charge is 0.454 e. The number of benzene rings is 1. The summed E-state index contributed by atoms with van der Waals surface area (Å²) in [5.41, 5.74) is -0.236. The molecule has 1 aromatic rings. The first-order valence-electron chi connectivity index (χ1n) is 8.88. The molecule has 0 saturated heterocycles. The maximum Gasteiger partial charge on any atom is 0.387 e. The molecule has 0 saturated carbocycles. The molecule has 1 heterocycles. The molecule has 8 nitrogen and oxygen atoms in total. The van der Waals surface area contributed by atoms with Gasteiger partial charge in [-0.05, 0) is 26.8 Å². The molecule has 2 rings (SSSR count). The summed E-state index contributed by atoms with van der Waals surface area (Å²) in [4.78, 5) is 16.3. The molecule has 0 spiro atoms. The number of hydrogen-bond donors (Lipinski definition) is 3. The third-order valence-electron chi connectivity index (χ3n) is 4.06. The highest BCUT2D eigenvalue weighted by molar-refractivity contribution is 14.0. The number of fused-ring (bicyclic) bond motifs is 1. The highest BCUT2D eigenvalue weighted by Crippen LogP contribution is 2.39. The average Bonchev–Trinajstić information content (AvgIpc) is 3.09. The Morgan fingerprint density at radius 2 is 1.93 bits per heavy atom. The van der Waals surface area contributed by atoms with Gasteiger partial charge < -0.3 is 30.2 Å². The van der Waals surface area contributed by atoms with E-state index in [9.17, 15) is 13.6 Å². The first-order chi connectivity index (χ1) is 13.3. The molecule has 1 amide bonds. The van der Waals surface area contributed by atoms with E-state index in [1.165, 1.54) is 6.07 Å². The predicted molar refractivity (Wildman–Crippen MR) is 115 cm³/mol. The summed E-state index contributed by atoms with van der Waals surface area (Å²) in [5, 5.41) is 8.77. The minimum atomic E-state index is -2.97. The van der Waals surface area contributed by atoms with Gasteiger partial charge in [-0.25, -0.2) is 4.99 Å². The van der Waals surface area contributed by atoms with Crippen molar-refractivity contribution in [1.82, 2.24) is 16.0 Å². The average molecular weight is 528 g/mol. The Morgan fingerprint density at radius 1 is 1.28 bits per heavy atom. The fraction of sp³-hybridized carbons (Fsp3) is 0.556. The Kier molecular flexibility index (Phi) is 9.66. The Balaban J connectivity index is 0.00000420. The van der Waals surface area contributed by atoms with Crippen LogP contribution in [0.1, 0.15) is 26.3 Å². The van der Waals surface area contributed by atoms with Crippen LogP contribution in [-0.4, -0.2) is 45.4 Å². The minimum Gasteiger partial charge on any atom is -0.454 e. The third-order valence-corrected chi connectivity index (χ3v) is 4.06. The summed E-state index contributed by atoms with van der Waals surface area (Å²) in [5.74, 6) is 1.11. The molecule has 0 aromatic heterocycles. The van der Waals surface area contributed by atoms with Gasteiger partial charge in [0, 0.05) is 31.8 Å². The lowest BCUT2D eigenvalue weighted by atomic mass is 9.92. The SMILES string of the molecule is CCNC(=NCc1cc2c(cc1OC(F)F)OCO2)NCC(C)(C)C(=O)NC.I. The molecule has 1 aliphatic heterocycles. The summed E-state index contributed by atoms with van der Waals surface area (Å²) in [6.45, 7) is 3.54. The smallest absolute Gasteiger partial charge is 0.387 e. The second-order valence-electron chi connectivity index (χ2n) is 6.70. The number of rotatable bonds is 8. The highest BCUT2D eigenvalue weighted by Gasteiger charge is 2.26. The number of amides is 1. The van der Waals surface area contributed by atoms with Crippen LogP contribution in [0.2, 0.25) is 0 Å². The van der Waals surface area contributed by atoms with Gasteiger partial charge in [0.05, 0.1) is 12.0 Å². The number of hydrogen-bond acceptors (Lipinski definition) is 5. The van der Waals surface area contributed by atoms with Crippen molar-refractivity contribution in [3.8, 4) is 17.2 Å². The standard InChI is InChI=1S/C18H26F2N4O4.HI/c1-5-22-17(24-9-18(2,3)15(25)21-4)23-8-11-6-13-14(27-10-26-13)7-12(11)28-16(19)20;/h6-7,16H,5,8-10H2,1-4H3,(H,21,25)(H2,22,23,24);1H. The second-order valence-corrected chi connectivity index (χ2v) is 6.70. The van der Waals surface area contributed by atoms with Crippen molar-refractivity contribution in [1.29, 1.82) is 0 Å². The maximum absolute atomic E-state index is 12.7. The van der Waals surface area contributed by atoms with Crippen LogP contribution < -0.4 is 30.2 Å². The molecule has 1 aromatic carbocycles. The van der Waals surface area contributed by atoms with E-state index in [0.717, 1.165) is 0 Å². The zero-order chi connectivity index (χ0) is 20.7. The van der Waals surface area contributed by atoms with Gasteiger partial charge in [-0.2, -0.15) is 8.78 Å². The maximum atomic E-state index is 12.7. The van der Waals surface area contributed by atoms with Gasteiger partial charge in [-0.3, -0.25) is 4.79 Å². The van der Waals surface area contributed by atoms with Crippen LogP contribution in [0.15, 0.2) is 17.1 Å². The van der Waals surface area contributed by atoms with Crippen LogP contribution in [-0.2, 0) is 11.3 Å². The Morgan fingerprint density at radius 3 is 2.52 bits per heavy atom. The molecule has 3 N–H and O–H groups in total. The normalized spacial score (nSPS) is 13.0. The molecule has 0 bridgehead atoms. The molecule has 0 radical (unpaired) electrons. The van der Waals surface area contributed by atoms with Crippen LogP contribution in [0.25, 0.3) is 0 Å². The highest BCUT2D eigenvalue weighted by atomic mass is 127. The van der Waals surface area contributed by atoms with E-state index in [1.807, 2.05) is 6.92 Å². The Hall–Kier alpha value is -2.05. The number of aliphatic imine (C=N–C) groups is 1. The van der Waals surface area contributed by atoms with E-state index >= 15 is 0 Å². The first kappa shape index (κ1) is 25.0. The molecule has 0 atom stereocenters. The number of halogens is 3. The summed E-state index contributed by atoms with van der Waals surface area (Å²) < 4.78 is 40.6. The number of carbonyl (C=O) groups is 1. The van der Waals surface area contributed by atoms with Gasteiger partial charge in [0.25, 0.3) is 0 Å². The third kappa shape index (κ3) is 7.05. The number of alkyl halides is 2. The van der Waals surface area contributed by atoms with E-state index in [1.54, 1.807) is 27.0 Å².